The highest BCUT2D eigenvalue weighted by atomic mass is 16.5. The number of rotatable bonds is 4. The second-order valence-corrected chi connectivity index (χ2v) is 4.17. The van der Waals surface area contributed by atoms with Gasteiger partial charge < -0.3 is 9.42 Å². The van der Waals surface area contributed by atoms with E-state index >= 15 is 0 Å². The van der Waals surface area contributed by atoms with Crippen molar-refractivity contribution in [2.45, 2.75) is 20.3 Å². The molecular weight excluding hydrogens is 214 g/mol. The Morgan fingerprint density at radius 2 is 2.12 bits per heavy atom. The highest BCUT2D eigenvalue weighted by Crippen LogP contribution is 2.22. The molecule has 2 aromatic rings. The lowest BCUT2D eigenvalue weighted by molar-refractivity contribution is 0.393. The number of anilines is 1. The second kappa shape index (κ2) is 4.99. The third-order valence-electron chi connectivity index (χ3n) is 2.81. The smallest absolute Gasteiger partial charge is 0.157 e. The molecule has 0 saturated heterocycles. The summed E-state index contributed by atoms with van der Waals surface area (Å²) in [6.07, 6.45) is 2.74. The van der Waals surface area contributed by atoms with Gasteiger partial charge in [0.1, 0.15) is 11.4 Å². The van der Waals surface area contributed by atoms with E-state index < -0.39 is 0 Å². The van der Waals surface area contributed by atoms with Crippen molar-refractivity contribution in [2.24, 2.45) is 0 Å². The number of likely N-dealkylation sites (N-methyl/N-ethyl adjacent to an activating group) is 1. The summed E-state index contributed by atoms with van der Waals surface area (Å²) in [6, 6.07) is 5.99. The van der Waals surface area contributed by atoms with Crippen molar-refractivity contribution in [2.75, 3.05) is 18.5 Å². The molecule has 4 nitrogen and oxygen atoms in total. The molecule has 2 rings (SSSR count). The maximum absolute atomic E-state index is 5.16. The predicted molar refractivity (Wildman–Crippen MR) is 67.2 cm³/mol. The first kappa shape index (κ1) is 11.6. The summed E-state index contributed by atoms with van der Waals surface area (Å²) < 4.78 is 5.16. The monoisotopic (exact) mass is 231 g/mol. The minimum atomic E-state index is 0.867. The van der Waals surface area contributed by atoms with Gasteiger partial charge in [0, 0.05) is 31.9 Å². The second-order valence-electron chi connectivity index (χ2n) is 4.17. The molecule has 0 fully saturated rings. The van der Waals surface area contributed by atoms with Crippen molar-refractivity contribution in [3.8, 4) is 0 Å². The SMILES string of the molecule is Cc1noc(C)c1N(C)CCc1ccccn1. The molecule has 0 saturated carbocycles. The Morgan fingerprint density at radius 3 is 2.71 bits per heavy atom. The lowest BCUT2D eigenvalue weighted by atomic mass is 10.2. The molecule has 0 N–H and O–H groups in total. The van der Waals surface area contributed by atoms with Gasteiger partial charge in [0.2, 0.25) is 0 Å². The Kier molecular flexibility index (Phi) is 3.42. The molecule has 0 aromatic carbocycles. The maximum atomic E-state index is 5.16. The van der Waals surface area contributed by atoms with Crippen LogP contribution in [0.5, 0.6) is 0 Å². The van der Waals surface area contributed by atoms with Crippen LogP contribution < -0.4 is 4.90 Å². The van der Waals surface area contributed by atoms with Crippen LogP contribution >= 0.6 is 0 Å². The zero-order chi connectivity index (χ0) is 12.3. The van der Waals surface area contributed by atoms with Crippen molar-refractivity contribution in [1.29, 1.82) is 0 Å². The molecule has 17 heavy (non-hydrogen) atoms. The van der Waals surface area contributed by atoms with Gasteiger partial charge in [-0.25, -0.2) is 0 Å². The van der Waals surface area contributed by atoms with Crippen LogP contribution in [-0.2, 0) is 6.42 Å². The first-order valence-corrected chi connectivity index (χ1v) is 5.72. The van der Waals surface area contributed by atoms with Crippen LogP contribution in [0.4, 0.5) is 5.69 Å². The van der Waals surface area contributed by atoms with Crippen LogP contribution in [0.1, 0.15) is 17.1 Å². The molecule has 90 valence electrons. The lowest BCUT2D eigenvalue weighted by Gasteiger charge is -2.18. The van der Waals surface area contributed by atoms with E-state index in [9.17, 15) is 0 Å². The summed E-state index contributed by atoms with van der Waals surface area (Å²) >= 11 is 0. The van der Waals surface area contributed by atoms with Crippen LogP contribution in [-0.4, -0.2) is 23.7 Å². The highest BCUT2D eigenvalue weighted by Gasteiger charge is 2.13. The summed E-state index contributed by atoms with van der Waals surface area (Å²) in [4.78, 5) is 6.47. The van der Waals surface area contributed by atoms with Gasteiger partial charge in [-0.05, 0) is 26.0 Å². The van der Waals surface area contributed by atoms with E-state index in [1.54, 1.807) is 0 Å². The third kappa shape index (κ3) is 2.64. The number of hydrogen-bond donors (Lipinski definition) is 0. The zero-order valence-corrected chi connectivity index (χ0v) is 10.5. The molecule has 0 spiro atoms. The summed E-state index contributed by atoms with van der Waals surface area (Å²) in [5.74, 6) is 0.867. The summed E-state index contributed by atoms with van der Waals surface area (Å²) in [7, 11) is 2.05. The summed E-state index contributed by atoms with van der Waals surface area (Å²) in [5, 5.41) is 3.96. The fourth-order valence-electron chi connectivity index (χ4n) is 1.96. The van der Waals surface area contributed by atoms with Crippen molar-refractivity contribution in [3.05, 3.63) is 41.5 Å². The molecule has 0 aliphatic rings. The van der Waals surface area contributed by atoms with Crippen LogP contribution in [0.25, 0.3) is 0 Å². The highest BCUT2D eigenvalue weighted by molar-refractivity contribution is 5.52. The van der Waals surface area contributed by atoms with E-state index in [-0.39, 0.29) is 0 Å². The lowest BCUT2D eigenvalue weighted by Crippen LogP contribution is -2.21. The molecule has 0 aliphatic heterocycles. The Balaban J connectivity index is 2.01. The minimum Gasteiger partial charge on any atom is -0.370 e. The van der Waals surface area contributed by atoms with Gasteiger partial charge in [0.15, 0.2) is 5.76 Å². The molecule has 2 heterocycles. The first-order valence-electron chi connectivity index (χ1n) is 5.72. The quantitative estimate of drug-likeness (QED) is 0.810. The van der Waals surface area contributed by atoms with Crippen molar-refractivity contribution in [1.82, 2.24) is 10.1 Å². The Morgan fingerprint density at radius 1 is 1.29 bits per heavy atom. The maximum Gasteiger partial charge on any atom is 0.157 e. The van der Waals surface area contributed by atoms with Gasteiger partial charge in [-0.1, -0.05) is 11.2 Å². The summed E-state index contributed by atoms with van der Waals surface area (Å²) in [6.45, 7) is 4.80. The van der Waals surface area contributed by atoms with Gasteiger partial charge in [-0.15, -0.1) is 0 Å². The fourth-order valence-corrected chi connectivity index (χ4v) is 1.96. The fraction of sp³-hybridized carbons (Fsp3) is 0.385. The van der Waals surface area contributed by atoms with Crippen LogP contribution in [0.2, 0.25) is 0 Å². The van der Waals surface area contributed by atoms with E-state index in [4.69, 9.17) is 4.52 Å². The van der Waals surface area contributed by atoms with Crippen LogP contribution in [0.15, 0.2) is 28.9 Å². The van der Waals surface area contributed by atoms with Gasteiger partial charge >= 0.3 is 0 Å². The first-order chi connectivity index (χ1) is 8.18. The van der Waals surface area contributed by atoms with Gasteiger partial charge in [0.25, 0.3) is 0 Å². The number of nitrogens with zero attached hydrogens (tertiary/aromatic N) is 3. The van der Waals surface area contributed by atoms with E-state index in [1.165, 1.54) is 0 Å². The molecule has 0 atom stereocenters. The Labute approximate surface area is 101 Å². The number of pyridine rings is 1. The van der Waals surface area contributed by atoms with Gasteiger partial charge in [-0.2, -0.15) is 0 Å². The molecule has 0 aliphatic carbocycles. The largest absolute Gasteiger partial charge is 0.370 e. The third-order valence-corrected chi connectivity index (χ3v) is 2.81. The molecule has 0 radical (unpaired) electrons. The van der Waals surface area contributed by atoms with Crippen molar-refractivity contribution >= 4 is 5.69 Å². The summed E-state index contributed by atoms with van der Waals surface area (Å²) in [5.41, 5.74) is 3.12. The van der Waals surface area contributed by atoms with E-state index in [0.29, 0.717) is 0 Å². The Bertz CT molecular complexity index is 459. The van der Waals surface area contributed by atoms with E-state index in [1.807, 2.05) is 38.2 Å². The van der Waals surface area contributed by atoms with Crippen LogP contribution in [0.3, 0.4) is 0 Å². The standard InChI is InChI=1S/C13H17N3O/c1-10-13(11(2)17-15-10)16(3)9-7-12-6-4-5-8-14-12/h4-6,8H,7,9H2,1-3H3. The topological polar surface area (TPSA) is 42.2 Å². The molecule has 0 amide bonds. The van der Waals surface area contributed by atoms with Gasteiger partial charge in [-0.3, -0.25) is 4.98 Å². The number of hydrogen-bond acceptors (Lipinski definition) is 4. The normalized spacial score (nSPS) is 10.5. The average Bonchev–Trinajstić information content (AvgIpc) is 2.67. The van der Waals surface area contributed by atoms with E-state index in [2.05, 4.69) is 22.1 Å². The predicted octanol–water partition coefficient (Wildman–Crippen LogP) is 2.37. The molecule has 0 bridgehead atoms. The molecule has 2 aromatic heterocycles. The minimum absolute atomic E-state index is 0.867. The molecular formula is C13H17N3O. The van der Waals surface area contributed by atoms with E-state index in [0.717, 1.165) is 35.8 Å². The molecule has 0 unspecified atom stereocenters. The zero-order valence-electron chi connectivity index (χ0n) is 10.5. The number of aromatic nitrogens is 2. The average molecular weight is 231 g/mol. The Hall–Kier alpha value is -1.84. The number of aryl methyl sites for hydroxylation is 2. The van der Waals surface area contributed by atoms with Crippen molar-refractivity contribution in [3.63, 3.8) is 0 Å². The van der Waals surface area contributed by atoms with Gasteiger partial charge in [0.05, 0.1) is 0 Å². The van der Waals surface area contributed by atoms with Crippen LogP contribution in [0, 0.1) is 13.8 Å². The molecule has 4 heteroatoms. The van der Waals surface area contributed by atoms with Crippen molar-refractivity contribution < 1.29 is 4.52 Å².